The minimum Gasteiger partial charge on any atom is -0.488 e. The second-order valence-electron chi connectivity index (χ2n) is 5.25. The van der Waals surface area contributed by atoms with Gasteiger partial charge in [0.15, 0.2) is 5.11 Å². The monoisotopic (exact) mass is 372 g/mol. The normalized spacial score (nSPS) is 14.0. The van der Waals surface area contributed by atoms with Gasteiger partial charge in [-0.1, -0.05) is 41.9 Å². The number of ether oxygens (including phenoxy) is 1. The molecule has 1 fully saturated rings. The van der Waals surface area contributed by atoms with Crippen LogP contribution in [0.15, 0.2) is 54.1 Å². The first-order valence-corrected chi connectivity index (χ1v) is 8.16. The number of rotatable bonds is 4. The number of para-hydroxylation sites is 1. The fourth-order valence-corrected chi connectivity index (χ4v) is 2.55. The van der Waals surface area contributed by atoms with Crippen LogP contribution in [0.5, 0.6) is 5.75 Å². The molecule has 0 aromatic heterocycles. The van der Waals surface area contributed by atoms with Crippen LogP contribution in [0, 0.1) is 0 Å². The van der Waals surface area contributed by atoms with Gasteiger partial charge in [0.05, 0.1) is 0 Å². The molecule has 2 amide bonds. The molecule has 1 aliphatic heterocycles. The molecule has 1 heterocycles. The SMILES string of the molecule is O=C1NC(=S)NC(=O)C1=Cc1ccccc1OCc1ccc(Cl)cc1. The van der Waals surface area contributed by atoms with Gasteiger partial charge in [0.2, 0.25) is 0 Å². The number of hydrogen-bond donors (Lipinski definition) is 2. The minimum atomic E-state index is -0.541. The molecule has 2 N–H and O–H groups in total. The fourth-order valence-electron chi connectivity index (χ4n) is 2.23. The molecule has 1 aliphatic rings. The van der Waals surface area contributed by atoms with Crippen molar-refractivity contribution in [2.45, 2.75) is 6.61 Å². The molecule has 7 heteroatoms. The maximum atomic E-state index is 12.0. The molecule has 0 bridgehead atoms. The lowest BCUT2D eigenvalue weighted by Gasteiger charge is -2.17. The van der Waals surface area contributed by atoms with Crippen molar-refractivity contribution in [2.75, 3.05) is 0 Å². The summed E-state index contributed by atoms with van der Waals surface area (Å²) in [5.74, 6) is -0.527. The van der Waals surface area contributed by atoms with E-state index in [4.69, 9.17) is 28.6 Å². The van der Waals surface area contributed by atoms with Crippen LogP contribution in [0.2, 0.25) is 5.02 Å². The molecule has 126 valence electrons. The third kappa shape index (κ3) is 4.23. The summed E-state index contributed by atoms with van der Waals surface area (Å²) in [5, 5.41) is 5.46. The lowest BCUT2D eigenvalue weighted by molar-refractivity contribution is -0.123. The van der Waals surface area contributed by atoms with Crippen molar-refractivity contribution in [3.05, 3.63) is 70.3 Å². The summed E-state index contributed by atoms with van der Waals surface area (Å²) in [6, 6.07) is 14.4. The van der Waals surface area contributed by atoms with E-state index in [1.165, 1.54) is 6.08 Å². The van der Waals surface area contributed by atoms with E-state index in [2.05, 4.69) is 10.6 Å². The molecule has 1 saturated heterocycles. The Hall–Kier alpha value is -2.70. The molecule has 0 unspecified atom stereocenters. The van der Waals surface area contributed by atoms with Crippen LogP contribution in [0.25, 0.3) is 6.08 Å². The molecule has 0 saturated carbocycles. The van der Waals surface area contributed by atoms with Crippen LogP contribution in [-0.4, -0.2) is 16.9 Å². The van der Waals surface area contributed by atoms with Gasteiger partial charge in [0, 0.05) is 10.6 Å². The number of halogens is 1. The fraction of sp³-hybridized carbons (Fsp3) is 0.0556. The second kappa shape index (κ2) is 7.46. The van der Waals surface area contributed by atoms with Crippen molar-refractivity contribution in [1.29, 1.82) is 0 Å². The topological polar surface area (TPSA) is 67.4 Å². The Labute approximate surface area is 154 Å². The van der Waals surface area contributed by atoms with Crippen molar-refractivity contribution >= 4 is 46.8 Å². The molecule has 25 heavy (non-hydrogen) atoms. The zero-order chi connectivity index (χ0) is 17.8. The molecular weight excluding hydrogens is 360 g/mol. The summed E-state index contributed by atoms with van der Waals surface area (Å²) in [4.78, 5) is 23.9. The van der Waals surface area contributed by atoms with Gasteiger partial charge in [0.25, 0.3) is 11.8 Å². The molecule has 0 aliphatic carbocycles. The largest absolute Gasteiger partial charge is 0.488 e. The smallest absolute Gasteiger partial charge is 0.263 e. The summed E-state index contributed by atoms with van der Waals surface area (Å²) in [7, 11) is 0. The van der Waals surface area contributed by atoms with E-state index < -0.39 is 11.8 Å². The van der Waals surface area contributed by atoms with Crippen molar-refractivity contribution < 1.29 is 14.3 Å². The number of thiocarbonyl (C=S) groups is 1. The zero-order valence-electron chi connectivity index (χ0n) is 12.9. The first-order chi connectivity index (χ1) is 12.0. The second-order valence-corrected chi connectivity index (χ2v) is 6.09. The van der Waals surface area contributed by atoms with E-state index in [-0.39, 0.29) is 10.7 Å². The van der Waals surface area contributed by atoms with Gasteiger partial charge in [-0.05, 0) is 42.1 Å². The predicted octanol–water partition coefficient (Wildman–Crippen LogP) is 2.83. The highest BCUT2D eigenvalue weighted by Crippen LogP contribution is 2.23. The molecule has 5 nitrogen and oxygen atoms in total. The van der Waals surface area contributed by atoms with E-state index in [1.807, 2.05) is 18.2 Å². The Bertz CT molecular complexity index is 856. The average Bonchev–Trinajstić information content (AvgIpc) is 2.58. The molecule has 2 aromatic rings. The molecule has 0 spiro atoms. The standard InChI is InChI=1S/C18H13ClN2O3S/c19-13-7-5-11(6-8-13)10-24-15-4-2-1-3-12(15)9-14-16(22)20-18(25)21-17(14)23/h1-9H,10H2,(H2,20,21,22,23,25). The Kier molecular flexibility index (Phi) is 5.11. The van der Waals surface area contributed by atoms with Crippen molar-refractivity contribution in [3.63, 3.8) is 0 Å². The number of nitrogens with one attached hydrogen (secondary N) is 2. The van der Waals surface area contributed by atoms with E-state index >= 15 is 0 Å². The van der Waals surface area contributed by atoms with Gasteiger partial charge < -0.3 is 4.74 Å². The van der Waals surface area contributed by atoms with Crippen LogP contribution in [0.4, 0.5) is 0 Å². The van der Waals surface area contributed by atoms with Crippen LogP contribution in [0.1, 0.15) is 11.1 Å². The van der Waals surface area contributed by atoms with Gasteiger partial charge in [-0.2, -0.15) is 0 Å². The number of carbonyl (C=O) groups is 2. The van der Waals surface area contributed by atoms with Gasteiger partial charge in [-0.15, -0.1) is 0 Å². The number of amides is 2. The lowest BCUT2D eigenvalue weighted by Crippen LogP contribution is -2.51. The number of hydrogen-bond acceptors (Lipinski definition) is 4. The summed E-state index contributed by atoms with van der Waals surface area (Å²) in [5.41, 5.74) is 1.53. The summed E-state index contributed by atoms with van der Waals surface area (Å²) in [6.45, 7) is 0.333. The maximum absolute atomic E-state index is 12.0. The van der Waals surface area contributed by atoms with Crippen molar-refractivity contribution in [1.82, 2.24) is 10.6 Å². The maximum Gasteiger partial charge on any atom is 0.263 e. The average molecular weight is 373 g/mol. The Morgan fingerprint density at radius 1 is 1.00 bits per heavy atom. The molecular formula is C18H13ClN2O3S. The first-order valence-electron chi connectivity index (χ1n) is 7.37. The predicted molar refractivity (Wildman–Crippen MR) is 99.1 cm³/mol. The Morgan fingerprint density at radius 3 is 2.32 bits per heavy atom. The Balaban J connectivity index is 1.82. The van der Waals surface area contributed by atoms with Crippen molar-refractivity contribution in [3.8, 4) is 5.75 Å². The summed E-state index contributed by atoms with van der Waals surface area (Å²) in [6.07, 6.45) is 1.48. The number of carbonyl (C=O) groups excluding carboxylic acids is 2. The first kappa shape index (κ1) is 17.1. The highest BCUT2D eigenvalue weighted by atomic mass is 35.5. The molecule has 0 atom stereocenters. The van der Waals surface area contributed by atoms with Crippen LogP contribution in [-0.2, 0) is 16.2 Å². The number of benzene rings is 2. The van der Waals surface area contributed by atoms with E-state index in [0.29, 0.717) is 22.9 Å². The summed E-state index contributed by atoms with van der Waals surface area (Å²) < 4.78 is 5.82. The highest BCUT2D eigenvalue weighted by Gasteiger charge is 2.26. The van der Waals surface area contributed by atoms with Gasteiger partial charge in [0.1, 0.15) is 17.9 Å². The van der Waals surface area contributed by atoms with Gasteiger partial charge in [-0.25, -0.2) is 0 Å². The van der Waals surface area contributed by atoms with Gasteiger partial charge >= 0.3 is 0 Å². The van der Waals surface area contributed by atoms with E-state index in [0.717, 1.165) is 5.56 Å². The van der Waals surface area contributed by atoms with Crippen molar-refractivity contribution in [2.24, 2.45) is 0 Å². The lowest BCUT2D eigenvalue weighted by atomic mass is 10.1. The van der Waals surface area contributed by atoms with Crippen LogP contribution >= 0.6 is 23.8 Å². The third-order valence-corrected chi connectivity index (χ3v) is 3.93. The quantitative estimate of drug-likeness (QED) is 0.492. The minimum absolute atomic E-state index is 0.000534. The van der Waals surface area contributed by atoms with Crippen LogP contribution in [0.3, 0.4) is 0 Å². The highest BCUT2D eigenvalue weighted by molar-refractivity contribution is 7.80. The molecule has 3 rings (SSSR count). The van der Waals surface area contributed by atoms with Gasteiger partial charge in [-0.3, -0.25) is 20.2 Å². The van der Waals surface area contributed by atoms with Crippen LogP contribution < -0.4 is 15.4 Å². The van der Waals surface area contributed by atoms with E-state index in [9.17, 15) is 9.59 Å². The third-order valence-electron chi connectivity index (χ3n) is 3.47. The van der Waals surface area contributed by atoms with E-state index in [1.54, 1.807) is 30.3 Å². The summed E-state index contributed by atoms with van der Waals surface area (Å²) >= 11 is 10.6. The zero-order valence-corrected chi connectivity index (χ0v) is 14.5. The molecule has 0 radical (unpaired) electrons. The molecule has 2 aromatic carbocycles. The Morgan fingerprint density at radius 2 is 1.64 bits per heavy atom.